The Balaban J connectivity index is 2.00. The van der Waals surface area contributed by atoms with Gasteiger partial charge in [0.05, 0.1) is 0 Å². The molecule has 1 N–H and O–H groups in total. The molecule has 1 aliphatic heterocycles. The highest BCUT2D eigenvalue weighted by atomic mass is 35.5. The van der Waals surface area contributed by atoms with Gasteiger partial charge < -0.3 is 15.1 Å². The molecule has 0 aliphatic carbocycles. The number of nitrogens with one attached hydrogen (secondary N) is 1. The quantitative estimate of drug-likeness (QED) is 0.834. The molecule has 0 unspecified atom stereocenters. The van der Waals surface area contributed by atoms with Crippen LogP contribution in [-0.4, -0.2) is 54.9 Å². The first-order chi connectivity index (χ1) is 10.4. The van der Waals surface area contributed by atoms with Crippen molar-refractivity contribution in [2.24, 2.45) is 0 Å². The zero-order valence-electron chi connectivity index (χ0n) is 13.1. The molecule has 22 heavy (non-hydrogen) atoms. The molecule has 1 saturated heterocycles. The Kier molecular flexibility index (Phi) is 5.24. The summed E-state index contributed by atoms with van der Waals surface area (Å²) in [5, 5.41) is 3.18. The van der Waals surface area contributed by atoms with Crippen molar-refractivity contribution in [3.63, 3.8) is 0 Å². The van der Waals surface area contributed by atoms with Gasteiger partial charge >= 0.3 is 0 Å². The minimum absolute atomic E-state index is 0.121. The van der Waals surface area contributed by atoms with Crippen molar-refractivity contribution in [1.29, 1.82) is 0 Å². The highest BCUT2D eigenvalue weighted by molar-refractivity contribution is 6.29. The Morgan fingerprint density at radius 1 is 1.50 bits per heavy atom. The van der Waals surface area contributed by atoms with Gasteiger partial charge in [-0.3, -0.25) is 9.59 Å². The molecule has 1 aromatic rings. The molecule has 1 fully saturated rings. The van der Waals surface area contributed by atoms with Crippen molar-refractivity contribution in [3.8, 4) is 0 Å². The molecule has 2 amide bonds. The topological polar surface area (TPSA) is 65.5 Å². The Bertz CT molecular complexity index is 577. The van der Waals surface area contributed by atoms with E-state index in [1.807, 2.05) is 21.0 Å². The second kappa shape index (κ2) is 6.96. The van der Waals surface area contributed by atoms with Crippen LogP contribution in [0.2, 0.25) is 5.15 Å². The first-order valence-corrected chi connectivity index (χ1v) is 7.68. The van der Waals surface area contributed by atoms with Crippen LogP contribution in [-0.2, 0) is 4.79 Å². The van der Waals surface area contributed by atoms with Gasteiger partial charge in [0.25, 0.3) is 5.91 Å². The van der Waals surface area contributed by atoms with Gasteiger partial charge in [-0.05, 0) is 25.5 Å². The molecule has 0 saturated carbocycles. The van der Waals surface area contributed by atoms with Crippen LogP contribution in [0.1, 0.15) is 30.1 Å². The second-order valence-corrected chi connectivity index (χ2v) is 6.14. The largest absolute Gasteiger partial charge is 0.363 e. The van der Waals surface area contributed by atoms with Crippen molar-refractivity contribution in [2.45, 2.75) is 25.8 Å². The molecule has 6 nitrogen and oxygen atoms in total. The Morgan fingerprint density at radius 2 is 2.23 bits per heavy atom. The van der Waals surface area contributed by atoms with E-state index in [1.54, 1.807) is 15.9 Å². The van der Waals surface area contributed by atoms with Crippen LogP contribution >= 0.6 is 11.6 Å². The van der Waals surface area contributed by atoms with E-state index in [4.69, 9.17) is 11.6 Å². The van der Waals surface area contributed by atoms with Gasteiger partial charge in [0.1, 0.15) is 11.0 Å². The van der Waals surface area contributed by atoms with Gasteiger partial charge in [-0.15, -0.1) is 0 Å². The summed E-state index contributed by atoms with van der Waals surface area (Å²) >= 11 is 5.96. The lowest BCUT2D eigenvalue weighted by Crippen LogP contribution is -2.42. The number of carbonyl (C=O) groups is 2. The van der Waals surface area contributed by atoms with Crippen LogP contribution in [0.15, 0.2) is 12.1 Å². The molecule has 1 atom stereocenters. The third kappa shape index (κ3) is 4.10. The number of hydrogen-bond donors (Lipinski definition) is 1. The third-order valence-corrected chi connectivity index (χ3v) is 3.74. The fourth-order valence-electron chi connectivity index (χ4n) is 2.42. The van der Waals surface area contributed by atoms with E-state index in [-0.39, 0.29) is 23.0 Å². The van der Waals surface area contributed by atoms with Crippen molar-refractivity contribution < 1.29 is 9.59 Å². The maximum Gasteiger partial charge on any atom is 0.251 e. The molecule has 1 aromatic heterocycles. The molecule has 0 bridgehead atoms. The lowest BCUT2D eigenvalue weighted by atomic mass is 10.2. The van der Waals surface area contributed by atoms with E-state index in [0.29, 0.717) is 24.3 Å². The molecule has 120 valence electrons. The van der Waals surface area contributed by atoms with Gasteiger partial charge in [0.2, 0.25) is 5.91 Å². The third-order valence-electron chi connectivity index (χ3n) is 3.54. The lowest BCUT2D eigenvalue weighted by molar-refractivity contribution is -0.127. The number of rotatable bonds is 5. The van der Waals surface area contributed by atoms with Crippen LogP contribution < -0.4 is 10.2 Å². The molecular formula is C15H21ClN4O2. The van der Waals surface area contributed by atoms with Gasteiger partial charge in [0.15, 0.2) is 0 Å². The van der Waals surface area contributed by atoms with Gasteiger partial charge in [-0.25, -0.2) is 4.98 Å². The summed E-state index contributed by atoms with van der Waals surface area (Å²) in [6.45, 7) is 3.19. The number of nitrogens with zero attached hydrogens (tertiary/aromatic N) is 3. The number of likely N-dealkylation sites (tertiary alicyclic amines) is 1. The fourth-order valence-corrected chi connectivity index (χ4v) is 2.63. The van der Waals surface area contributed by atoms with Crippen molar-refractivity contribution in [3.05, 3.63) is 22.8 Å². The molecule has 7 heteroatoms. The second-order valence-electron chi connectivity index (χ2n) is 5.75. The van der Waals surface area contributed by atoms with E-state index < -0.39 is 0 Å². The predicted octanol–water partition coefficient (Wildman–Crippen LogP) is 1.54. The van der Waals surface area contributed by atoms with Crippen molar-refractivity contribution >= 4 is 29.2 Å². The first kappa shape index (κ1) is 16.5. The van der Waals surface area contributed by atoms with Crippen LogP contribution in [0.4, 0.5) is 5.82 Å². The minimum Gasteiger partial charge on any atom is -0.363 e. The highest BCUT2D eigenvalue weighted by Gasteiger charge is 2.22. The smallest absolute Gasteiger partial charge is 0.251 e. The summed E-state index contributed by atoms with van der Waals surface area (Å²) in [6, 6.07) is 3.11. The molecule has 0 spiro atoms. The average Bonchev–Trinajstić information content (AvgIpc) is 2.83. The molecule has 1 aliphatic rings. The SMILES string of the molecule is C[C@H](CN1CCCC1=O)NC(=O)c1cc(Cl)nc(N(C)C)c1. The van der Waals surface area contributed by atoms with Crippen molar-refractivity contribution in [2.75, 3.05) is 32.1 Å². The summed E-state index contributed by atoms with van der Waals surface area (Å²) in [7, 11) is 3.67. The highest BCUT2D eigenvalue weighted by Crippen LogP contribution is 2.17. The first-order valence-electron chi connectivity index (χ1n) is 7.30. The summed E-state index contributed by atoms with van der Waals surface area (Å²) in [5.74, 6) is 0.564. The lowest BCUT2D eigenvalue weighted by Gasteiger charge is -2.22. The fraction of sp³-hybridized carbons (Fsp3) is 0.533. The van der Waals surface area contributed by atoms with Crippen LogP contribution in [0, 0.1) is 0 Å². The zero-order valence-corrected chi connectivity index (χ0v) is 13.9. The number of anilines is 1. The Labute approximate surface area is 135 Å². The minimum atomic E-state index is -0.216. The van der Waals surface area contributed by atoms with E-state index in [1.165, 1.54) is 6.07 Å². The van der Waals surface area contributed by atoms with E-state index in [9.17, 15) is 9.59 Å². The van der Waals surface area contributed by atoms with Gasteiger partial charge in [0, 0.05) is 45.2 Å². The van der Waals surface area contributed by atoms with Gasteiger partial charge in [-0.2, -0.15) is 0 Å². The van der Waals surface area contributed by atoms with E-state index in [2.05, 4.69) is 10.3 Å². The summed E-state index contributed by atoms with van der Waals surface area (Å²) in [6.07, 6.45) is 1.50. The summed E-state index contributed by atoms with van der Waals surface area (Å²) in [4.78, 5) is 31.7. The monoisotopic (exact) mass is 324 g/mol. The molecule has 0 aromatic carbocycles. The number of hydrogen-bond acceptors (Lipinski definition) is 4. The van der Waals surface area contributed by atoms with E-state index in [0.717, 1.165) is 13.0 Å². The predicted molar refractivity (Wildman–Crippen MR) is 86.3 cm³/mol. The Hall–Kier alpha value is -1.82. The summed E-state index contributed by atoms with van der Waals surface area (Å²) < 4.78 is 0. The number of halogens is 1. The number of aromatic nitrogens is 1. The number of pyridine rings is 1. The maximum atomic E-state index is 12.3. The molecule has 0 radical (unpaired) electrons. The van der Waals surface area contributed by atoms with Crippen LogP contribution in [0.3, 0.4) is 0 Å². The van der Waals surface area contributed by atoms with Crippen molar-refractivity contribution in [1.82, 2.24) is 15.2 Å². The average molecular weight is 325 g/mol. The van der Waals surface area contributed by atoms with Crippen LogP contribution in [0.25, 0.3) is 0 Å². The molecular weight excluding hydrogens is 304 g/mol. The number of amides is 2. The maximum absolute atomic E-state index is 12.3. The van der Waals surface area contributed by atoms with Crippen LogP contribution in [0.5, 0.6) is 0 Å². The molecule has 2 rings (SSSR count). The molecule has 2 heterocycles. The zero-order chi connectivity index (χ0) is 16.3. The van der Waals surface area contributed by atoms with Gasteiger partial charge in [-0.1, -0.05) is 11.6 Å². The summed E-state index contributed by atoms with van der Waals surface area (Å²) in [5.41, 5.74) is 0.461. The standard InChI is InChI=1S/C15H21ClN4O2/c1-10(9-20-6-4-5-14(20)21)17-15(22)11-7-12(16)18-13(8-11)19(2)3/h7-8,10H,4-6,9H2,1-3H3,(H,17,22)/t10-/m1/s1. The Morgan fingerprint density at radius 3 is 2.82 bits per heavy atom. The normalized spacial score (nSPS) is 15.8. The van der Waals surface area contributed by atoms with E-state index >= 15 is 0 Å². The number of carbonyl (C=O) groups excluding carboxylic acids is 2.